The molecule has 1 atom stereocenters. The summed E-state index contributed by atoms with van der Waals surface area (Å²) in [4.78, 5) is 13.6. The van der Waals surface area contributed by atoms with Crippen molar-refractivity contribution in [3.63, 3.8) is 0 Å². The second-order valence-electron chi connectivity index (χ2n) is 5.25. The van der Waals surface area contributed by atoms with Crippen LogP contribution in [0.1, 0.15) is 18.1 Å². The highest BCUT2D eigenvalue weighted by molar-refractivity contribution is 5.95. The van der Waals surface area contributed by atoms with Crippen LogP contribution >= 0.6 is 0 Å². The molecule has 0 aliphatic carbocycles. The van der Waals surface area contributed by atoms with Crippen molar-refractivity contribution in [1.82, 2.24) is 0 Å². The Balaban J connectivity index is 2.04. The van der Waals surface area contributed by atoms with E-state index in [-0.39, 0.29) is 11.9 Å². The zero-order valence-corrected chi connectivity index (χ0v) is 12.0. The van der Waals surface area contributed by atoms with Crippen molar-refractivity contribution in [2.45, 2.75) is 26.8 Å². The van der Waals surface area contributed by atoms with Crippen molar-refractivity contribution in [1.29, 1.82) is 0 Å². The van der Waals surface area contributed by atoms with Crippen molar-refractivity contribution >= 4 is 11.6 Å². The van der Waals surface area contributed by atoms with Gasteiger partial charge in [0, 0.05) is 5.69 Å². The highest BCUT2D eigenvalue weighted by Gasteiger charge is 2.27. The van der Waals surface area contributed by atoms with Gasteiger partial charge < -0.3 is 15.0 Å². The van der Waals surface area contributed by atoms with Gasteiger partial charge in [-0.1, -0.05) is 18.2 Å². The summed E-state index contributed by atoms with van der Waals surface area (Å²) in [5.41, 5.74) is 3.17. The van der Waals surface area contributed by atoms with Crippen molar-refractivity contribution in [2.24, 2.45) is 0 Å². The lowest BCUT2D eigenvalue weighted by atomic mass is 10.1. The topological polar surface area (TPSA) is 42.8 Å². The number of carbonyl (C=O) groups is 1. The van der Waals surface area contributed by atoms with Crippen LogP contribution in [0.15, 0.2) is 18.2 Å². The molecule has 19 heavy (non-hydrogen) atoms. The zero-order chi connectivity index (χ0) is 13.8. The van der Waals surface area contributed by atoms with Crippen LogP contribution in [-0.2, 0) is 9.53 Å². The molecule has 2 N–H and O–H groups in total. The van der Waals surface area contributed by atoms with Gasteiger partial charge >= 0.3 is 0 Å². The van der Waals surface area contributed by atoms with Crippen LogP contribution in [0, 0.1) is 13.8 Å². The van der Waals surface area contributed by atoms with Gasteiger partial charge in [0.15, 0.2) is 6.04 Å². The average molecular weight is 263 g/mol. The maximum Gasteiger partial charge on any atom is 0.282 e. The Morgan fingerprint density at radius 2 is 1.84 bits per heavy atom. The van der Waals surface area contributed by atoms with E-state index in [1.165, 1.54) is 4.90 Å². The van der Waals surface area contributed by atoms with Crippen LogP contribution in [0.5, 0.6) is 0 Å². The molecular weight excluding hydrogens is 240 g/mol. The van der Waals surface area contributed by atoms with Gasteiger partial charge in [-0.25, -0.2) is 0 Å². The summed E-state index contributed by atoms with van der Waals surface area (Å²) in [6, 6.07) is 6.02. The molecule has 1 heterocycles. The van der Waals surface area contributed by atoms with Crippen LogP contribution in [0.4, 0.5) is 5.69 Å². The number of benzene rings is 1. The zero-order valence-electron chi connectivity index (χ0n) is 12.0. The van der Waals surface area contributed by atoms with Crippen LogP contribution < -0.4 is 10.2 Å². The number of hydrogen-bond acceptors (Lipinski definition) is 2. The first-order chi connectivity index (χ1) is 9.09. The van der Waals surface area contributed by atoms with Crippen LogP contribution in [-0.4, -0.2) is 38.3 Å². The van der Waals surface area contributed by atoms with E-state index in [1.807, 2.05) is 39.0 Å². The maximum absolute atomic E-state index is 12.3. The SMILES string of the molecule is Cc1cccc(C)c1NC(=O)[C@H](C)[NH+]1CCOCC1. The summed E-state index contributed by atoms with van der Waals surface area (Å²) < 4.78 is 5.33. The monoisotopic (exact) mass is 263 g/mol. The lowest BCUT2D eigenvalue weighted by Gasteiger charge is -2.28. The third-order valence-corrected chi connectivity index (χ3v) is 3.87. The minimum absolute atomic E-state index is 0.0390. The lowest BCUT2D eigenvalue weighted by molar-refractivity contribution is -0.921. The second kappa shape index (κ2) is 6.17. The van der Waals surface area contributed by atoms with E-state index in [2.05, 4.69) is 5.32 Å². The van der Waals surface area contributed by atoms with Crippen molar-refractivity contribution in [3.05, 3.63) is 29.3 Å². The van der Waals surface area contributed by atoms with E-state index < -0.39 is 0 Å². The smallest absolute Gasteiger partial charge is 0.282 e. The molecule has 0 bridgehead atoms. The Morgan fingerprint density at radius 3 is 2.42 bits per heavy atom. The minimum Gasteiger partial charge on any atom is -0.370 e. The van der Waals surface area contributed by atoms with Gasteiger partial charge in [0.05, 0.1) is 13.2 Å². The number of nitrogens with one attached hydrogen (secondary N) is 2. The molecule has 1 aromatic carbocycles. The highest BCUT2D eigenvalue weighted by Crippen LogP contribution is 2.19. The molecule has 4 heteroatoms. The number of carbonyl (C=O) groups excluding carboxylic acids is 1. The average Bonchev–Trinajstić information content (AvgIpc) is 2.43. The first-order valence-electron chi connectivity index (χ1n) is 6.89. The summed E-state index contributed by atoms with van der Waals surface area (Å²) in [5, 5.41) is 3.07. The molecule has 1 fully saturated rings. The number of ether oxygens (including phenoxy) is 1. The van der Waals surface area contributed by atoms with Gasteiger partial charge in [-0.05, 0) is 31.9 Å². The molecule has 0 unspecified atom stereocenters. The first kappa shape index (κ1) is 14.0. The van der Waals surface area contributed by atoms with Crippen LogP contribution in [0.3, 0.4) is 0 Å². The Labute approximate surface area is 114 Å². The number of morpholine rings is 1. The number of aryl methyl sites for hydroxylation is 2. The third-order valence-electron chi connectivity index (χ3n) is 3.87. The minimum atomic E-state index is -0.0390. The Bertz CT molecular complexity index is 433. The van der Waals surface area contributed by atoms with E-state index in [4.69, 9.17) is 4.74 Å². The number of rotatable bonds is 3. The maximum atomic E-state index is 12.3. The molecule has 1 aliphatic rings. The molecule has 4 nitrogen and oxygen atoms in total. The molecule has 0 radical (unpaired) electrons. The first-order valence-corrected chi connectivity index (χ1v) is 6.89. The van der Waals surface area contributed by atoms with Gasteiger partial charge in [0.25, 0.3) is 5.91 Å². The summed E-state index contributed by atoms with van der Waals surface area (Å²) in [6.45, 7) is 9.34. The molecule has 1 aromatic rings. The lowest BCUT2D eigenvalue weighted by Crippen LogP contribution is -3.18. The molecule has 104 valence electrons. The molecular formula is C15H23N2O2+. The van der Waals surface area contributed by atoms with Crippen LogP contribution in [0.2, 0.25) is 0 Å². The number of para-hydroxylation sites is 1. The summed E-state index contributed by atoms with van der Waals surface area (Å²) in [6.07, 6.45) is 0. The second-order valence-corrected chi connectivity index (χ2v) is 5.25. The normalized spacial score (nSPS) is 18.1. The standard InChI is InChI=1S/C15H22N2O2/c1-11-5-4-6-12(2)14(11)16-15(18)13(3)17-7-9-19-10-8-17/h4-6,13H,7-10H2,1-3H3,(H,16,18)/p+1/t13-/m0/s1. The van der Waals surface area contributed by atoms with Gasteiger partial charge in [-0.3, -0.25) is 4.79 Å². The molecule has 0 saturated carbocycles. The molecule has 0 spiro atoms. The quantitative estimate of drug-likeness (QED) is 0.836. The number of anilines is 1. The van der Waals surface area contributed by atoms with Crippen molar-refractivity contribution in [2.75, 3.05) is 31.6 Å². The Kier molecular flexibility index (Phi) is 4.56. The molecule has 2 rings (SSSR count). The van der Waals surface area contributed by atoms with Gasteiger partial charge in [-0.2, -0.15) is 0 Å². The molecule has 0 aromatic heterocycles. The fourth-order valence-electron chi connectivity index (χ4n) is 2.50. The van der Waals surface area contributed by atoms with E-state index >= 15 is 0 Å². The van der Waals surface area contributed by atoms with Gasteiger partial charge in [0.1, 0.15) is 13.1 Å². The summed E-state index contributed by atoms with van der Waals surface area (Å²) >= 11 is 0. The highest BCUT2D eigenvalue weighted by atomic mass is 16.5. The fourth-order valence-corrected chi connectivity index (χ4v) is 2.50. The van der Waals surface area contributed by atoms with Crippen molar-refractivity contribution < 1.29 is 14.4 Å². The molecule has 1 aliphatic heterocycles. The predicted octanol–water partition coefficient (Wildman–Crippen LogP) is 0.546. The summed E-state index contributed by atoms with van der Waals surface area (Å²) in [5.74, 6) is 0.0919. The van der Waals surface area contributed by atoms with Crippen molar-refractivity contribution in [3.8, 4) is 0 Å². The number of hydrogen-bond donors (Lipinski definition) is 2. The molecule has 1 saturated heterocycles. The molecule has 1 amide bonds. The summed E-state index contributed by atoms with van der Waals surface area (Å²) in [7, 11) is 0. The van der Waals surface area contributed by atoms with E-state index in [9.17, 15) is 4.79 Å². The van der Waals surface area contributed by atoms with E-state index in [1.54, 1.807) is 0 Å². The predicted molar refractivity (Wildman–Crippen MR) is 75.5 cm³/mol. The number of amides is 1. The van der Waals surface area contributed by atoms with Gasteiger partial charge in [0.2, 0.25) is 0 Å². The number of quaternary nitrogens is 1. The Hall–Kier alpha value is -1.39. The third kappa shape index (κ3) is 3.33. The largest absolute Gasteiger partial charge is 0.370 e. The van der Waals surface area contributed by atoms with E-state index in [0.717, 1.165) is 43.1 Å². The fraction of sp³-hybridized carbons (Fsp3) is 0.533. The van der Waals surface area contributed by atoms with E-state index in [0.29, 0.717) is 0 Å². The van der Waals surface area contributed by atoms with Crippen LogP contribution in [0.25, 0.3) is 0 Å². The Morgan fingerprint density at radius 1 is 1.26 bits per heavy atom. The van der Waals surface area contributed by atoms with Gasteiger partial charge in [-0.15, -0.1) is 0 Å².